The molecule has 2 atom stereocenters. The Morgan fingerprint density at radius 3 is 2.79 bits per heavy atom. The molecule has 0 amide bonds. The minimum atomic E-state index is -0.0472. The molecule has 1 aromatic carbocycles. The maximum atomic E-state index is 6.13. The number of hydrogen-bond donors (Lipinski definition) is 1. The Hall–Kier alpha value is -1.26. The molecule has 0 radical (unpaired) electrons. The van der Waals surface area contributed by atoms with Crippen molar-refractivity contribution in [3.8, 4) is 5.75 Å². The quantitative estimate of drug-likeness (QED) is 0.906. The number of methoxy groups -OCH3 is 2. The van der Waals surface area contributed by atoms with Crippen LogP contribution in [-0.4, -0.2) is 33.4 Å². The lowest BCUT2D eigenvalue weighted by Crippen LogP contribution is -2.40. The lowest BCUT2D eigenvalue weighted by Gasteiger charge is -2.35. The number of piperidine rings is 1. The molecule has 2 N–H and O–H groups in total. The highest BCUT2D eigenvalue weighted by molar-refractivity contribution is 5.61. The summed E-state index contributed by atoms with van der Waals surface area (Å²) in [7, 11) is 3.48. The number of ether oxygens (including phenoxy) is 2. The van der Waals surface area contributed by atoms with E-state index < -0.39 is 0 Å². The van der Waals surface area contributed by atoms with E-state index in [-0.39, 0.29) is 6.04 Å². The van der Waals surface area contributed by atoms with Gasteiger partial charge in [-0.25, -0.2) is 0 Å². The van der Waals surface area contributed by atoms with Crippen molar-refractivity contribution >= 4 is 5.69 Å². The van der Waals surface area contributed by atoms with Crippen LogP contribution >= 0.6 is 0 Å². The van der Waals surface area contributed by atoms with Crippen LogP contribution < -0.4 is 15.4 Å². The molecule has 1 aliphatic heterocycles. The van der Waals surface area contributed by atoms with Crippen LogP contribution in [-0.2, 0) is 4.74 Å². The minimum Gasteiger partial charge on any atom is -0.496 e. The van der Waals surface area contributed by atoms with Gasteiger partial charge in [-0.3, -0.25) is 0 Å². The van der Waals surface area contributed by atoms with E-state index in [1.165, 1.54) is 5.69 Å². The SMILES string of the molecule is COc1cccc(N2CCCC(OC)C2)c1[C@H](C)N. The molecule has 1 aromatic rings. The van der Waals surface area contributed by atoms with Gasteiger partial charge in [-0.2, -0.15) is 0 Å². The van der Waals surface area contributed by atoms with Gasteiger partial charge in [-0.15, -0.1) is 0 Å². The third-order valence-corrected chi connectivity index (χ3v) is 3.77. The topological polar surface area (TPSA) is 47.7 Å². The van der Waals surface area contributed by atoms with Crippen molar-refractivity contribution in [2.45, 2.75) is 31.9 Å². The Morgan fingerprint density at radius 2 is 2.16 bits per heavy atom. The summed E-state index contributed by atoms with van der Waals surface area (Å²) in [5.41, 5.74) is 8.39. The molecule has 106 valence electrons. The second-order valence-electron chi connectivity index (χ2n) is 5.13. The molecule has 4 nitrogen and oxygen atoms in total. The zero-order valence-corrected chi connectivity index (χ0v) is 12.1. The van der Waals surface area contributed by atoms with E-state index in [0.29, 0.717) is 6.10 Å². The maximum absolute atomic E-state index is 6.13. The van der Waals surface area contributed by atoms with Crippen LogP contribution in [0.15, 0.2) is 18.2 Å². The first-order valence-corrected chi connectivity index (χ1v) is 6.87. The fourth-order valence-electron chi connectivity index (χ4n) is 2.79. The normalized spacial score (nSPS) is 21.3. The lowest BCUT2D eigenvalue weighted by atomic mass is 10.0. The molecular weight excluding hydrogens is 240 g/mol. The second-order valence-corrected chi connectivity index (χ2v) is 5.13. The van der Waals surface area contributed by atoms with Crippen molar-refractivity contribution in [3.05, 3.63) is 23.8 Å². The van der Waals surface area contributed by atoms with Gasteiger partial charge in [0.05, 0.1) is 13.2 Å². The lowest BCUT2D eigenvalue weighted by molar-refractivity contribution is 0.0893. The molecule has 1 aliphatic rings. The van der Waals surface area contributed by atoms with Crippen molar-refractivity contribution in [3.63, 3.8) is 0 Å². The van der Waals surface area contributed by atoms with Gasteiger partial charge in [0.1, 0.15) is 5.75 Å². The Kier molecular flexibility index (Phi) is 4.66. The summed E-state index contributed by atoms with van der Waals surface area (Å²) in [6.45, 7) is 3.97. The van der Waals surface area contributed by atoms with E-state index in [9.17, 15) is 0 Å². The number of rotatable bonds is 4. The Bertz CT molecular complexity index is 421. The van der Waals surface area contributed by atoms with Crippen LogP contribution in [0, 0.1) is 0 Å². The highest BCUT2D eigenvalue weighted by atomic mass is 16.5. The van der Waals surface area contributed by atoms with E-state index in [4.69, 9.17) is 15.2 Å². The molecule has 1 fully saturated rings. The van der Waals surface area contributed by atoms with Crippen LogP contribution in [0.3, 0.4) is 0 Å². The fraction of sp³-hybridized carbons (Fsp3) is 0.600. The number of hydrogen-bond acceptors (Lipinski definition) is 4. The van der Waals surface area contributed by atoms with E-state index in [2.05, 4.69) is 11.0 Å². The first-order valence-electron chi connectivity index (χ1n) is 6.87. The fourth-order valence-corrected chi connectivity index (χ4v) is 2.79. The summed E-state index contributed by atoms with van der Waals surface area (Å²) in [5, 5.41) is 0. The molecule has 0 spiro atoms. The Labute approximate surface area is 115 Å². The summed E-state index contributed by atoms with van der Waals surface area (Å²) in [5.74, 6) is 0.868. The van der Waals surface area contributed by atoms with Gasteiger partial charge in [0.2, 0.25) is 0 Å². The number of nitrogens with zero attached hydrogens (tertiary/aromatic N) is 1. The number of anilines is 1. The third-order valence-electron chi connectivity index (χ3n) is 3.77. The molecule has 0 bridgehead atoms. The smallest absolute Gasteiger partial charge is 0.125 e. The zero-order valence-electron chi connectivity index (χ0n) is 12.1. The van der Waals surface area contributed by atoms with Gasteiger partial charge in [0, 0.05) is 37.5 Å². The zero-order chi connectivity index (χ0) is 13.8. The van der Waals surface area contributed by atoms with Crippen molar-refractivity contribution in [1.82, 2.24) is 0 Å². The van der Waals surface area contributed by atoms with Crippen LogP contribution in [0.5, 0.6) is 5.75 Å². The van der Waals surface area contributed by atoms with Crippen LogP contribution in [0.2, 0.25) is 0 Å². The molecular formula is C15H24N2O2. The first kappa shape index (κ1) is 14.2. The van der Waals surface area contributed by atoms with Gasteiger partial charge in [0.25, 0.3) is 0 Å². The minimum absolute atomic E-state index is 0.0472. The molecule has 0 saturated carbocycles. The maximum Gasteiger partial charge on any atom is 0.125 e. The van der Waals surface area contributed by atoms with Crippen molar-refractivity contribution in [1.29, 1.82) is 0 Å². The van der Waals surface area contributed by atoms with Crippen LogP contribution in [0.4, 0.5) is 5.69 Å². The second kappa shape index (κ2) is 6.26. The third kappa shape index (κ3) is 3.01. The van der Waals surface area contributed by atoms with Crippen molar-refractivity contribution in [2.75, 3.05) is 32.2 Å². The summed E-state index contributed by atoms with van der Waals surface area (Å²) in [4.78, 5) is 2.36. The predicted molar refractivity (Wildman–Crippen MR) is 77.8 cm³/mol. The number of nitrogens with two attached hydrogens (primary N) is 1. The van der Waals surface area contributed by atoms with E-state index in [1.54, 1.807) is 14.2 Å². The van der Waals surface area contributed by atoms with Crippen molar-refractivity contribution in [2.24, 2.45) is 5.73 Å². The molecule has 0 aromatic heterocycles. The summed E-state index contributed by atoms with van der Waals surface area (Å²) in [6.07, 6.45) is 2.58. The first-order chi connectivity index (χ1) is 9.17. The Morgan fingerprint density at radius 1 is 1.37 bits per heavy atom. The van der Waals surface area contributed by atoms with Gasteiger partial charge in [-0.1, -0.05) is 6.07 Å². The van der Waals surface area contributed by atoms with Gasteiger partial charge >= 0.3 is 0 Å². The van der Waals surface area contributed by atoms with Crippen LogP contribution in [0.1, 0.15) is 31.4 Å². The molecule has 1 heterocycles. The van der Waals surface area contributed by atoms with Gasteiger partial charge in [0.15, 0.2) is 0 Å². The molecule has 19 heavy (non-hydrogen) atoms. The molecule has 1 unspecified atom stereocenters. The molecule has 0 aliphatic carbocycles. The highest BCUT2D eigenvalue weighted by Gasteiger charge is 2.23. The molecule has 2 rings (SSSR count). The largest absolute Gasteiger partial charge is 0.496 e. The van der Waals surface area contributed by atoms with Gasteiger partial charge in [-0.05, 0) is 31.9 Å². The summed E-state index contributed by atoms with van der Waals surface area (Å²) < 4.78 is 10.9. The standard InChI is InChI=1S/C15H24N2O2/c1-11(16)15-13(7-4-8-14(15)19-3)17-9-5-6-12(10-17)18-2/h4,7-8,11-12H,5-6,9-10,16H2,1-3H3/t11-,12?/m0/s1. The average molecular weight is 264 g/mol. The Balaban J connectivity index is 2.33. The highest BCUT2D eigenvalue weighted by Crippen LogP contribution is 2.35. The van der Waals surface area contributed by atoms with Crippen molar-refractivity contribution < 1.29 is 9.47 Å². The summed E-state index contributed by atoms with van der Waals surface area (Å²) in [6, 6.07) is 6.07. The monoisotopic (exact) mass is 264 g/mol. The predicted octanol–water partition coefficient (Wildman–Crippen LogP) is 2.33. The van der Waals surface area contributed by atoms with E-state index >= 15 is 0 Å². The van der Waals surface area contributed by atoms with Gasteiger partial charge < -0.3 is 20.1 Å². The average Bonchev–Trinajstić information content (AvgIpc) is 2.46. The number of benzene rings is 1. The molecule has 1 saturated heterocycles. The summed E-state index contributed by atoms with van der Waals surface area (Å²) >= 11 is 0. The van der Waals surface area contributed by atoms with E-state index in [1.807, 2.05) is 19.1 Å². The van der Waals surface area contributed by atoms with E-state index in [0.717, 1.165) is 37.2 Å². The molecule has 4 heteroatoms. The van der Waals surface area contributed by atoms with Crippen LogP contribution in [0.25, 0.3) is 0 Å².